The maximum absolute atomic E-state index is 12.2. The van der Waals surface area contributed by atoms with Crippen molar-refractivity contribution in [1.29, 1.82) is 0 Å². The molecule has 0 bridgehead atoms. The van der Waals surface area contributed by atoms with Gasteiger partial charge in [0.2, 0.25) is 0 Å². The molecule has 2 aromatic carbocycles. The van der Waals surface area contributed by atoms with Crippen LogP contribution in [0.25, 0.3) is 11.5 Å². The predicted octanol–water partition coefficient (Wildman–Crippen LogP) is 3.01. The predicted molar refractivity (Wildman–Crippen MR) is 87.2 cm³/mol. The molecule has 7 heteroatoms. The molecule has 0 radical (unpaired) electrons. The number of para-hydroxylation sites is 1. The summed E-state index contributed by atoms with van der Waals surface area (Å²) < 4.78 is 15.8. The van der Waals surface area contributed by atoms with Crippen LogP contribution in [0.1, 0.15) is 10.4 Å². The van der Waals surface area contributed by atoms with Gasteiger partial charge in [0.1, 0.15) is 11.5 Å². The summed E-state index contributed by atoms with van der Waals surface area (Å²) in [7, 11) is 3.12. The van der Waals surface area contributed by atoms with Crippen LogP contribution in [-0.4, -0.2) is 30.3 Å². The number of carbonyl (C=O) groups excluding carboxylic acids is 1. The van der Waals surface area contributed by atoms with E-state index in [-0.39, 0.29) is 17.8 Å². The van der Waals surface area contributed by atoms with E-state index in [2.05, 4.69) is 15.5 Å². The van der Waals surface area contributed by atoms with E-state index >= 15 is 0 Å². The number of benzene rings is 2. The second kappa shape index (κ2) is 6.82. The van der Waals surface area contributed by atoms with Gasteiger partial charge in [-0.1, -0.05) is 17.2 Å². The zero-order chi connectivity index (χ0) is 16.9. The van der Waals surface area contributed by atoms with Gasteiger partial charge < -0.3 is 13.9 Å². The Kier molecular flexibility index (Phi) is 4.42. The van der Waals surface area contributed by atoms with E-state index in [0.29, 0.717) is 22.6 Å². The van der Waals surface area contributed by atoms with Gasteiger partial charge in [-0.05, 0) is 36.4 Å². The molecule has 1 N–H and O–H groups in total. The number of hydrogen-bond acceptors (Lipinski definition) is 6. The zero-order valence-corrected chi connectivity index (χ0v) is 13.1. The lowest BCUT2D eigenvalue weighted by Gasteiger charge is -2.04. The highest BCUT2D eigenvalue weighted by atomic mass is 16.5. The van der Waals surface area contributed by atoms with Gasteiger partial charge in [0, 0.05) is 5.56 Å². The van der Waals surface area contributed by atoms with E-state index in [4.69, 9.17) is 13.9 Å². The van der Waals surface area contributed by atoms with Gasteiger partial charge in [0.05, 0.1) is 19.8 Å². The molecule has 0 fully saturated rings. The molecule has 1 amide bonds. The Hall–Kier alpha value is -3.35. The highest BCUT2D eigenvalue weighted by Crippen LogP contribution is 2.29. The molecule has 0 spiro atoms. The van der Waals surface area contributed by atoms with E-state index in [9.17, 15) is 4.79 Å². The third-order valence-electron chi connectivity index (χ3n) is 3.34. The van der Waals surface area contributed by atoms with Crippen molar-refractivity contribution in [3.05, 3.63) is 54.1 Å². The summed E-state index contributed by atoms with van der Waals surface area (Å²) in [4.78, 5) is 12.2. The second-order valence-electron chi connectivity index (χ2n) is 4.80. The van der Waals surface area contributed by atoms with Gasteiger partial charge in [0.25, 0.3) is 11.8 Å². The third-order valence-corrected chi connectivity index (χ3v) is 3.34. The van der Waals surface area contributed by atoms with Gasteiger partial charge >= 0.3 is 6.01 Å². The van der Waals surface area contributed by atoms with Crippen molar-refractivity contribution in [1.82, 2.24) is 10.2 Å². The van der Waals surface area contributed by atoms with Crippen molar-refractivity contribution in [2.75, 3.05) is 19.5 Å². The average Bonchev–Trinajstić information content (AvgIpc) is 3.10. The van der Waals surface area contributed by atoms with Crippen LogP contribution in [0, 0.1) is 0 Å². The molecule has 0 aliphatic rings. The Bertz CT molecular complexity index is 843. The van der Waals surface area contributed by atoms with Crippen LogP contribution in [0.2, 0.25) is 0 Å². The van der Waals surface area contributed by atoms with Crippen molar-refractivity contribution in [2.24, 2.45) is 0 Å². The highest BCUT2D eigenvalue weighted by Gasteiger charge is 2.15. The zero-order valence-electron chi connectivity index (χ0n) is 13.1. The summed E-state index contributed by atoms with van der Waals surface area (Å²) >= 11 is 0. The lowest BCUT2D eigenvalue weighted by atomic mass is 10.2. The first-order valence-corrected chi connectivity index (χ1v) is 7.13. The molecule has 1 aromatic heterocycles. The Morgan fingerprint density at radius 1 is 1.00 bits per heavy atom. The number of anilines is 1. The fraction of sp³-hybridized carbons (Fsp3) is 0.118. The molecule has 7 nitrogen and oxygen atoms in total. The second-order valence-corrected chi connectivity index (χ2v) is 4.80. The van der Waals surface area contributed by atoms with E-state index in [0.717, 1.165) is 0 Å². The number of carbonyl (C=O) groups is 1. The van der Waals surface area contributed by atoms with E-state index < -0.39 is 0 Å². The summed E-state index contributed by atoms with van der Waals surface area (Å²) in [5.41, 5.74) is 1.10. The quantitative estimate of drug-likeness (QED) is 0.776. The Labute approximate surface area is 138 Å². The molecule has 0 aliphatic heterocycles. The molecule has 0 saturated carbocycles. The van der Waals surface area contributed by atoms with Gasteiger partial charge in [-0.2, -0.15) is 0 Å². The monoisotopic (exact) mass is 325 g/mol. The Morgan fingerprint density at radius 2 is 1.75 bits per heavy atom. The molecule has 1 heterocycles. The van der Waals surface area contributed by atoms with E-state index in [1.165, 1.54) is 0 Å². The molecule has 0 aliphatic carbocycles. The van der Waals surface area contributed by atoms with Crippen molar-refractivity contribution in [3.8, 4) is 23.0 Å². The molecular formula is C17H15N3O4. The van der Waals surface area contributed by atoms with Gasteiger partial charge in [0.15, 0.2) is 0 Å². The lowest BCUT2D eigenvalue weighted by molar-refractivity contribution is 0.102. The van der Waals surface area contributed by atoms with Crippen LogP contribution in [0.5, 0.6) is 11.5 Å². The minimum atomic E-state index is -0.354. The number of methoxy groups -OCH3 is 2. The molecule has 0 saturated heterocycles. The van der Waals surface area contributed by atoms with Crippen LogP contribution in [0.15, 0.2) is 52.9 Å². The highest BCUT2D eigenvalue weighted by molar-refractivity contribution is 6.03. The summed E-state index contributed by atoms with van der Waals surface area (Å²) in [6.45, 7) is 0. The summed E-state index contributed by atoms with van der Waals surface area (Å²) in [6.07, 6.45) is 0. The molecule has 0 unspecified atom stereocenters. The minimum absolute atomic E-state index is 0.0109. The number of nitrogens with one attached hydrogen (secondary N) is 1. The molecular weight excluding hydrogens is 310 g/mol. The van der Waals surface area contributed by atoms with Gasteiger partial charge in [-0.3, -0.25) is 10.1 Å². The number of amides is 1. The van der Waals surface area contributed by atoms with Crippen molar-refractivity contribution < 1.29 is 18.7 Å². The first-order valence-electron chi connectivity index (χ1n) is 7.13. The number of aromatic nitrogens is 2. The first-order chi connectivity index (χ1) is 11.7. The first kappa shape index (κ1) is 15.5. The van der Waals surface area contributed by atoms with Crippen LogP contribution < -0.4 is 14.8 Å². The maximum Gasteiger partial charge on any atom is 0.322 e. The van der Waals surface area contributed by atoms with Crippen LogP contribution >= 0.6 is 0 Å². The molecule has 0 atom stereocenters. The number of ether oxygens (including phenoxy) is 2. The number of hydrogen-bond donors (Lipinski definition) is 1. The third kappa shape index (κ3) is 3.19. The average molecular weight is 325 g/mol. The normalized spacial score (nSPS) is 10.2. The van der Waals surface area contributed by atoms with Gasteiger partial charge in [-0.15, -0.1) is 5.10 Å². The van der Waals surface area contributed by atoms with E-state index in [1.54, 1.807) is 50.6 Å². The van der Waals surface area contributed by atoms with Crippen molar-refractivity contribution in [3.63, 3.8) is 0 Å². The van der Waals surface area contributed by atoms with Crippen LogP contribution in [0.4, 0.5) is 6.01 Å². The van der Waals surface area contributed by atoms with Crippen molar-refractivity contribution >= 4 is 11.9 Å². The largest absolute Gasteiger partial charge is 0.497 e. The van der Waals surface area contributed by atoms with Crippen LogP contribution in [0.3, 0.4) is 0 Å². The molecule has 122 valence electrons. The Morgan fingerprint density at radius 3 is 2.46 bits per heavy atom. The fourth-order valence-corrected chi connectivity index (χ4v) is 2.12. The fourth-order valence-electron chi connectivity index (χ4n) is 2.12. The molecule has 24 heavy (non-hydrogen) atoms. The number of nitrogens with zero attached hydrogens (tertiary/aromatic N) is 2. The minimum Gasteiger partial charge on any atom is -0.497 e. The maximum atomic E-state index is 12.2. The SMILES string of the molecule is COc1ccc(C(=O)Nc2nnc(-c3ccccc3OC)o2)cc1. The van der Waals surface area contributed by atoms with Gasteiger partial charge in [-0.25, -0.2) is 0 Å². The summed E-state index contributed by atoms with van der Waals surface area (Å²) in [6, 6.07) is 13.9. The Balaban J connectivity index is 1.77. The van der Waals surface area contributed by atoms with Crippen LogP contribution in [-0.2, 0) is 0 Å². The standard InChI is InChI=1S/C17H15N3O4/c1-22-12-9-7-11(8-10-12)15(21)18-17-20-19-16(24-17)13-5-3-4-6-14(13)23-2/h3-10H,1-2H3,(H,18,20,21). The summed E-state index contributed by atoms with van der Waals surface area (Å²) in [5.74, 6) is 1.18. The topological polar surface area (TPSA) is 86.5 Å². The molecule has 3 rings (SSSR count). The summed E-state index contributed by atoms with van der Waals surface area (Å²) in [5, 5.41) is 10.3. The lowest BCUT2D eigenvalue weighted by Crippen LogP contribution is -2.11. The van der Waals surface area contributed by atoms with Crippen molar-refractivity contribution in [2.45, 2.75) is 0 Å². The molecule has 3 aromatic rings. The smallest absolute Gasteiger partial charge is 0.322 e. The number of rotatable bonds is 5. The van der Waals surface area contributed by atoms with E-state index in [1.807, 2.05) is 12.1 Å².